The summed E-state index contributed by atoms with van der Waals surface area (Å²) in [6.45, 7) is 0. The quantitative estimate of drug-likeness (QED) is 0.864. The van der Waals surface area contributed by atoms with Crippen LogP contribution in [0.4, 0.5) is 0 Å². The van der Waals surface area contributed by atoms with Crippen molar-refractivity contribution >= 4 is 11.8 Å². The highest BCUT2D eigenvalue weighted by Crippen LogP contribution is 2.33. The van der Waals surface area contributed by atoms with Crippen molar-refractivity contribution in [2.75, 3.05) is 0 Å². The van der Waals surface area contributed by atoms with Gasteiger partial charge < -0.3 is 0 Å². The number of imide groups is 1. The van der Waals surface area contributed by atoms with Crippen LogP contribution in [0, 0.1) is 0 Å². The normalized spacial score (nSPS) is 14.3. The molecule has 0 atom stereocenters. The van der Waals surface area contributed by atoms with Crippen molar-refractivity contribution < 1.29 is 9.59 Å². The maximum atomic E-state index is 12.0. The Hall–Kier alpha value is -2.68. The molecule has 0 radical (unpaired) electrons. The van der Waals surface area contributed by atoms with E-state index in [-0.39, 0.29) is 17.7 Å². The smallest absolute Gasteiger partial charge is 0.255 e. The van der Waals surface area contributed by atoms with Crippen LogP contribution in [0.3, 0.4) is 0 Å². The first-order valence-corrected chi connectivity index (χ1v) is 6.42. The molecule has 98 valence electrons. The van der Waals surface area contributed by atoms with Gasteiger partial charge in [-0.1, -0.05) is 60.7 Å². The van der Waals surface area contributed by atoms with Gasteiger partial charge in [-0.2, -0.15) is 0 Å². The highest BCUT2D eigenvalue weighted by molar-refractivity contribution is 6.17. The van der Waals surface area contributed by atoms with Crippen LogP contribution in [0.2, 0.25) is 0 Å². The summed E-state index contributed by atoms with van der Waals surface area (Å²) in [5, 5.41) is 2.32. The summed E-state index contributed by atoms with van der Waals surface area (Å²) in [5.41, 5.74) is 2.48. The van der Waals surface area contributed by atoms with Crippen LogP contribution in [-0.2, 0) is 9.59 Å². The fourth-order valence-electron chi connectivity index (χ4n) is 2.48. The summed E-state index contributed by atoms with van der Waals surface area (Å²) in [5.74, 6) is -0.876. The molecule has 0 spiro atoms. The molecule has 1 N–H and O–H groups in total. The number of amides is 2. The molecule has 0 saturated carbocycles. The van der Waals surface area contributed by atoms with E-state index in [9.17, 15) is 9.59 Å². The summed E-state index contributed by atoms with van der Waals surface area (Å²) < 4.78 is 0. The van der Waals surface area contributed by atoms with Gasteiger partial charge in [-0.15, -0.1) is 0 Å². The molecule has 2 amide bonds. The Labute approximate surface area is 116 Å². The van der Waals surface area contributed by atoms with Crippen LogP contribution in [-0.4, -0.2) is 11.8 Å². The van der Waals surface area contributed by atoms with Crippen molar-refractivity contribution in [2.24, 2.45) is 0 Å². The lowest BCUT2D eigenvalue weighted by molar-refractivity contribution is -0.123. The molecule has 1 heterocycles. The lowest BCUT2D eigenvalue weighted by Crippen LogP contribution is -2.24. The molecular weight excluding hydrogens is 250 g/mol. The van der Waals surface area contributed by atoms with Crippen molar-refractivity contribution in [1.82, 2.24) is 5.32 Å². The van der Waals surface area contributed by atoms with Crippen LogP contribution < -0.4 is 5.32 Å². The van der Waals surface area contributed by atoms with E-state index in [4.69, 9.17) is 0 Å². The van der Waals surface area contributed by atoms with Crippen molar-refractivity contribution in [2.45, 2.75) is 5.92 Å². The second-order valence-electron chi connectivity index (χ2n) is 4.67. The first-order valence-electron chi connectivity index (χ1n) is 6.42. The zero-order valence-corrected chi connectivity index (χ0v) is 10.7. The zero-order chi connectivity index (χ0) is 13.9. The molecule has 3 rings (SSSR count). The van der Waals surface area contributed by atoms with Gasteiger partial charge in [0.05, 0.1) is 0 Å². The van der Waals surface area contributed by atoms with Crippen molar-refractivity contribution in [3.05, 3.63) is 83.4 Å². The number of benzene rings is 2. The standard InChI is InChI=1S/C17H13NO2/c19-15-11-14(17(20)18-15)16(12-7-3-1-4-8-12)13-9-5-2-6-10-13/h1-11,16H,(H,18,19,20). The summed E-state index contributed by atoms with van der Waals surface area (Å²) in [7, 11) is 0. The van der Waals surface area contributed by atoms with E-state index in [2.05, 4.69) is 5.32 Å². The van der Waals surface area contributed by atoms with Crippen LogP contribution >= 0.6 is 0 Å². The van der Waals surface area contributed by atoms with Gasteiger partial charge in [0.25, 0.3) is 11.8 Å². The Bertz CT molecular complexity index is 635. The van der Waals surface area contributed by atoms with Gasteiger partial charge in [-0.3, -0.25) is 14.9 Å². The Morgan fingerprint density at radius 1 is 0.750 bits per heavy atom. The van der Waals surface area contributed by atoms with Gasteiger partial charge in [-0.05, 0) is 11.1 Å². The first kappa shape index (κ1) is 12.4. The summed E-state index contributed by atoms with van der Waals surface area (Å²) >= 11 is 0. The van der Waals surface area contributed by atoms with Crippen LogP contribution in [0.25, 0.3) is 0 Å². The highest BCUT2D eigenvalue weighted by atomic mass is 16.2. The third kappa shape index (κ3) is 2.26. The van der Waals surface area contributed by atoms with E-state index in [1.54, 1.807) is 0 Å². The molecule has 1 aliphatic heterocycles. The maximum Gasteiger partial charge on any atom is 0.255 e. The number of carbonyl (C=O) groups excluding carboxylic acids is 2. The molecule has 2 aromatic rings. The van der Waals surface area contributed by atoms with Crippen molar-refractivity contribution in [3.8, 4) is 0 Å². The van der Waals surface area contributed by atoms with Crippen LogP contribution in [0.15, 0.2) is 72.3 Å². The average molecular weight is 263 g/mol. The van der Waals surface area contributed by atoms with Gasteiger partial charge in [0.1, 0.15) is 0 Å². The number of hydrogen-bond donors (Lipinski definition) is 1. The zero-order valence-electron chi connectivity index (χ0n) is 10.7. The van der Waals surface area contributed by atoms with E-state index in [0.717, 1.165) is 11.1 Å². The van der Waals surface area contributed by atoms with Gasteiger partial charge in [0.15, 0.2) is 0 Å². The first-order chi connectivity index (χ1) is 9.75. The van der Waals surface area contributed by atoms with E-state index in [0.29, 0.717) is 5.57 Å². The fraction of sp³-hybridized carbons (Fsp3) is 0.0588. The predicted molar refractivity (Wildman–Crippen MR) is 76.0 cm³/mol. The molecule has 0 aliphatic carbocycles. The Morgan fingerprint density at radius 3 is 1.65 bits per heavy atom. The van der Waals surface area contributed by atoms with E-state index >= 15 is 0 Å². The van der Waals surface area contributed by atoms with Crippen LogP contribution in [0.1, 0.15) is 17.0 Å². The largest absolute Gasteiger partial charge is 0.289 e. The third-order valence-corrected chi connectivity index (χ3v) is 3.36. The van der Waals surface area contributed by atoms with Gasteiger partial charge >= 0.3 is 0 Å². The molecule has 1 aliphatic rings. The molecule has 0 bridgehead atoms. The highest BCUT2D eigenvalue weighted by Gasteiger charge is 2.30. The van der Waals surface area contributed by atoms with Crippen LogP contribution in [0.5, 0.6) is 0 Å². The number of nitrogens with one attached hydrogen (secondary N) is 1. The molecule has 3 nitrogen and oxygen atoms in total. The monoisotopic (exact) mass is 263 g/mol. The SMILES string of the molecule is O=C1C=C(C(c2ccccc2)c2ccccc2)C(=O)N1. The Kier molecular flexibility index (Phi) is 3.17. The lowest BCUT2D eigenvalue weighted by atomic mass is 9.85. The lowest BCUT2D eigenvalue weighted by Gasteiger charge is -2.18. The second kappa shape index (κ2) is 5.13. The molecule has 0 unspecified atom stereocenters. The van der Waals surface area contributed by atoms with Gasteiger partial charge in [0, 0.05) is 17.6 Å². The van der Waals surface area contributed by atoms with E-state index in [1.165, 1.54) is 6.08 Å². The average Bonchev–Trinajstić information content (AvgIpc) is 2.80. The molecule has 3 heteroatoms. The second-order valence-corrected chi connectivity index (χ2v) is 4.67. The molecule has 0 saturated heterocycles. The van der Waals surface area contributed by atoms with Crippen molar-refractivity contribution in [1.29, 1.82) is 0 Å². The summed E-state index contributed by atoms with van der Waals surface area (Å²) in [6, 6.07) is 19.5. The van der Waals surface area contributed by atoms with Gasteiger partial charge in [-0.25, -0.2) is 0 Å². The molecule has 0 fully saturated rings. The van der Waals surface area contributed by atoms with Crippen molar-refractivity contribution in [3.63, 3.8) is 0 Å². The Balaban J connectivity index is 2.12. The predicted octanol–water partition coefficient (Wildman–Crippen LogP) is 2.40. The number of hydrogen-bond acceptors (Lipinski definition) is 2. The minimum atomic E-state index is -0.345. The molecule has 0 aromatic heterocycles. The maximum absolute atomic E-state index is 12.0. The summed E-state index contributed by atoms with van der Waals surface area (Å²) in [4.78, 5) is 23.4. The Morgan fingerprint density at radius 2 is 1.25 bits per heavy atom. The molecule has 20 heavy (non-hydrogen) atoms. The minimum absolute atomic E-state index is 0.219. The van der Waals surface area contributed by atoms with E-state index < -0.39 is 0 Å². The fourth-order valence-corrected chi connectivity index (χ4v) is 2.48. The topological polar surface area (TPSA) is 46.2 Å². The number of rotatable bonds is 3. The minimum Gasteiger partial charge on any atom is -0.289 e. The molecule has 2 aromatic carbocycles. The van der Waals surface area contributed by atoms with Gasteiger partial charge in [0.2, 0.25) is 0 Å². The van der Waals surface area contributed by atoms with E-state index in [1.807, 2.05) is 60.7 Å². The summed E-state index contributed by atoms with van der Waals surface area (Å²) in [6.07, 6.45) is 1.40. The number of carbonyl (C=O) groups is 2. The third-order valence-electron chi connectivity index (χ3n) is 3.36. The molecular formula is C17H13NO2.